The molecule has 0 amide bonds. The second-order valence-electron chi connectivity index (χ2n) is 4.04. The fourth-order valence-corrected chi connectivity index (χ4v) is 1.37. The molecule has 1 heterocycles. The number of hydrogen-bond acceptors (Lipinski definition) is 6. The molecule has 0 atom stereocenters. The van der Waals surface area contributed by atoms with Crippen LogP contribution in [0.15, 0.2) is 17.4 Å². The molecule has 0 spiro atoms. The summed E-state index contributed by atoms with van der Waals surface area (Å²) in [7, 11) is 0. The zero-order chi connectivity index (χ0) is 13.1. The van der Waals surface area contributed by atoms with Gasteiger partial charge in [0.1, 0.15) is 6.20 Å². The summed E-state index contributed by atoms with van der Waals surface area (Å²) in [5.74, 6) is 0.377. The van der Waals surface area contributed by atoms with Gasteiger partial charge in [-0.25, -0.2) is 4.98 Å². The number of nitro groups is 1. The van der Waals surface area contributed by atoms with Crippen molar-refractivity contribution >= 4 is 11.5 Å². The first kappa shape index (κ1) is 12.1. The van der Waals surface area contributed by atoms with Gasteiger partial charge in [-0.3, -0.25) is 10.1 Å². The van der Waals surface area contributed by atoms with Gasteiger partial charge in [-0.2, -0.15) is 0 Å². The average Bonchev–Trinajstić information content (AvgIpc) is 3.19. The predicted molar refractivity (Wildman–Crippen MR) is 61.6 cm³/mol. The molecular weight excluding hydrogens is 240 g/mol. The van der Waals surface area contributed by atoms with Crippen LogP contribution >= 0.6 is 0 Å². The number of nitrogens with zero attached hydrogens (tertiary/aromatic N) is 3. The third-order valence-corrected chi connectivity index (χ3v) is 2.58. The highest BCUT2D eigenvalue weighted by Gasteiger charge is 2.24. The summed E-state index contributed by atoms with van der Waals surface area (Å²) in [4.78, 5) is 13.9. The number of aromatic nitrogens is 1. The van der Waals surface area contributed by atoms with Crippen LogP contribution in [-0.4, -0.2) is 27.6 Å². The van der Waals surface area contributed by atoms with Crippen molar-refractivity contribution in [2.24, 2.45) is 16.8 Å². The van der Waals surface area contributed by atoms with Crippen molar-refractivity contribution in [3.8, 4) is 5.88 Å². The van der Waals surface area contributed by atoms with E-state index in [4.69, 9.17) is 15.7 Å². The average molecular weight is 252 g/mol. The van der Waals surface area contributed by atoms with E-state index < -0.39 is 4.92 Å². The van der Waals surface area contributed by atoms with Crippen molar-refractivity contribution in [1.82, 2.24) is 4.98 Å². The minimum Gasteiger partial charge on any atom is -0.477 e. The summed E-state index contributed by atoms with van der Waals surface area (Å²) in [6, 6.07) is 1.17. The quantitative estimate of drug-likeness (QED) is 0.263. The zero-order valence-corrected chi connectivity index (χ0v) is 9.44. The number of amidine groups is 1. The molecule has 0 radical (unpaired) electrons. The van der Waals surface area contributed by atoms with Crippen molar-refractivity contribution in [3.63, 3.8) is 0 Å². The summed E-state index contributed by atoms with van der Waals surface area (Å²) in [6.07, 6.45) is 3.29. The summed E-state index contributed by atoms with van der Waals surface area (Å²) in [5.41, 5.74) is 5.32. The fourth-order valence-electron chi connectivity index (χ4n) is 1.37. The van der Waals surface area contributed by atoms with E-state index in [1.165, 1.54) is 6.07 Å². The molecule has 0 saturated heterocycles. The molecule has 3 N–H and O–H groups in total. The zero-order valence-electron chi connectivity index (χ0n) is 9.44. The Labute approximate surface area is 102 Å². The number of ether oxygens (including phenoxy) is 1. The molecule has 0 aliphatic heterocycles. The van der Waals surface area contributed by atoms with Crippen LogP contribution in [0, 0.1) is 16.0 Å². The fraction of sp³-hybridized carbons (Fsp3) is 0.400. The first-order valence-electron chi connectivity index (χ1n) is 5.37. The van der Waals surface area contributed by atoms with Gasteiger partial charge < -0.3 is 15.7 Å². The lowest BCUT2D eigenvalue weighted by Crippen LogP contribution is -2.16. The second-order valence-corrected chi connectivity index (χ2v) is 4.04. The molecule has 2 rings (SSSR count). The van der Waals surface area contributed by atoms with E-state index in [0.29, 0.717) is 12.5 Å². The maximum absolute atomic E-state index is 10.6. The molecule has 8 nitrogen and oxygen atoms in total. The largest absolute Gasteiger partial charge is 0.477 e. The summed E-state index contributed by atoms with van der Waals surface area (Å²) < 4.78 is 5.41. The molecule has 0 bridgehead atoms. The third kappa shape index (κ3) is 2.65. The summed E-state index contributed by atoms with van der Waals surface area (Å²) >= 11 is 0. The van der Waals surface area contributed by atoms with Crippen LogP contribution in [-0.2, 0) is 0 Å². The van der Waals surface area contributed by atoms with E-state index in [1.54, 1.807) is 0 Å². The minimum atomic E-state index is -0.605. The van der Waals surface area contributed by atoms with Crippen LogP contribution in [0.1, 0.15) is 18.4 Å². The molecule has 96 valence electrons. The van der Waals surface area contributed by atoms with Crippen LogP contribution < -0.4 is 10.5 Å². The first-order chi connectivity index (χ1) is 8.61. The molecule has 8 heteroatoms. The Morgan fingerprint density at radius 1 is 1.72 bits per heavy atom. The molecule has 1 aliphatic carbocycles. The monoisotopic (exact) mass is 252 g/mol. The van der Waals surface area contributed by atoms with Gasteiger partial charge >= 0.3 is 0 Å². The van der Waals surface area contributed by atoms with Crippen LogP contribution in [0.25, 0.3) is 0 Å². The summed E-state index contributed by atoms with van der Waals surface area (Å²) in [5, 5.41) is 22.1. The van der Waals surface area contributed by atoms with Gasteiger partial charge in [-0.1, -0.05) is 5.16 Å². The third-order valence-electron chi connectivity index (χ3n) is 2.58. The number of rotatable bonds is 5. The normalized spacial score (nSPS) is 15.4. The Morgan fingerprint density at radius 2 is 2.44 bits per heavy atom. The standard InChI is InChI=1S/C10H12N4O4/c11-9(13-15)8-3-7(14(16)17)4-12-10(8)18-5-6-1-2-6/h3-4,6,15H,1-2,5H2,(H2,11,13). The van der Waals surface area contributed by atoms with E-state index in [2.05, 4.69) is 10.1 Å². The molecule has 1 aromatic heterocycles. The van der Waals surface area contributed by atoms with Crippen LogP contribution in [0.3, 0.4) is 0 Å². The number of oxime groups is 1. The van der Waals surface area contributed by atoms with Gasteiger partial charge in [0.15, 0.2) is 5.84 Å². The summed E-state index contributed by atoms with van der Waals surface area (Å²) in [6.45, 7) is 0.483. The molecule has 0 unspecified atom stereocenters. The SMILES string of the molecule is NC(=NO)c1cc([N+](=O)[O-])cnc1OCC1CC1. The van der Waals surface area contributed by atoms with Crippen molar-refractivity contribution in [2.75, 3.05) is 6.61 Å². The van der Waals surface area contributed by atoms with Gasteiger partial charge in [0.25, 0.3) is 5.69 Å². The first-order valence-corrected chi connectivity index (χ1v) is 5.37. The highest BCUT2D eigenvalue weighted by Crippen LogP contribution is 2.30. The van der Waals surface area contributed by atoms with E-state index in [1.807, 2.05) is 0 Å². The second kappa shape index (κ2) is 4.86. The molecule has 18 heavy (non-hydrogen) atoms. The van der Waals surface area contributed by atoms with Crippen LogP contribution in [0.4, 0.5) is 5.69 Å². The van der Waals surface area contributed by atoms with Crippen molar-refractivity contribution in [1.29, 1.82) is 0 Å². The Kier molecular flexibility index (Phi) is 3.26. The lowest BCUT2D eigenvalue weighted by atomic mass is 10.2. The minimum absolute atomic E-state index is 0.118. The van der Waals surface area contributed by atoms with Gasteiger partial charge in [-0.15, -0.1) is 0 Å². The van der Waals surface area contributed by atoms with Gasteiger partial charge in [0, 0.05) is 6.07 Å². The highest BCUT2D eigenvalue weighted by atomic mass is 16.6. The smallest absolute Gasteiger partial charge is 0.288 e. The molecule has 0 aromatic carbocycles. The van der Waals surface area contributed by atoms with E-state index in [-0.39, 0.29) is 23.0 Å². The van der Waals surface area contributed by atoms with Crippen molar-refractivity contribution in [3.05, 3.63) is 27.9 Å². The number of nitrogens with two attached hydrogens (primary N) is 1. The number of hydrogen-bond donors (Lipinski definition) is 2. The molecule has 1 fully saturated rings. The van der Waals surface area contributed by atoms with Gasteiger partial charge in [0.2, 0.25) is 5.88 Å². The van der Waals surface area contributed by atoms with E-state index in [9.17, 15) is 10.1 Å². The van der Waals surface area contributed by atoms with Crippen LogP contribution in [0.5, 0.6) is 5.88 Å². The van der Waals surface area contributed by atoms with E-state index in [0.717, 1.165) is 19.0 Å². The Hall–Kier alpha value is -2.38. The lowest BCUT2D eigenvalue weighted by Gasteiger charge is -2.08. The number of pyridine rings is 1. The molecular formula is C10H12N4O4. The van der Waals surface area contributed by atoms with Crippen LogP contribution in [0.2, 0.25) is 0 Å². The topological polar surface area (TPSA) is 124 Å². The maximum atomic E-state index is 10.6. The maximum Gasteiger partial charge on any atom is 0.288 e. The van der Waals surface area contributed by atoms with Crippen molar-refractivity contribution in [2.45, 2.75) is 12.8 Å². The molecule has 1 saturated carbocycles. The molecule has 1 aliphatic rings. The van der Waals surface area contributed by atoms with Crippen molar-refractivity contribution < 1.29 is 14.9 Å². The van der Waals surface area contributed by atoms with E-state index >= 15 is 0 Å². The molecule has 1 aromatic rings. The Balaban J connectivity index is 2.28. The predicted octanol–water partition coefficient (Wildman–Crippen LogP) is 0.873. The Morgan fingerprint density at radius 3 is 3.00 bits per heavy atom. The van der Waals surface area contributed by atoms with Gasteiger partial charge in [-0.05, 0) is 18.8 Å². The van der Waals surface area contributed by atoms with Gasteiger partial charge in [0.05, 0.1) is 17.1 Å². The lowest BCUT2D eigenvalue weighted by molar-refractivity contribution is -0.385. The highest BCUT2D eigenvalue weighted by molar-refractivity contribution is 5.99. The Bertz CT molecular complexity index is 499.